The van der Waals surface area contributed by atoms with Gasteiger partial charge in [-0.25, -0.2) is 4.79 Å². The number of piperidine rings is 1. The number of carbonyl (C=O) groups is 1. The fourth-order valence-electron chi connectivity index (χ4n) is 2.17. The van der Waals surface area contributed by atoms with E-state index in [1.807, 2.05) is 0 Å². The second kappa shape index (κ2) is 2.96. The van der Waals surface area contributed by atoms with Gasteiger partial charge in [-0.05, 0) is 38.0 Å². The smallest absolute Gasteiger partial charge is 0.407 e. The molecule has 0 aromatic rings. The van der Waals surface area contributed by atoms with Crippen LogP contribution >= 0.6 is 0 Å². The molecule has 1 aliphatic heterocycles. The highest BCUT2D eigenvalue weighted by Crippen LogP contribution is 2.39. The number of hydrogen-bond acceptors (Lipinski definition) is 1. The van der Waals surface area contributed by atoms with E-state index in [-0.39, 0.29) is 0 Å². The number of amides is 1. The SMILES string of the molecule is O=C(O)N1CCCCC1C1CC1. The van der Waals surface area contributed by atoms with Crippen LogP contribution < -0.4 is 0 Å². The van der Waals surface area contributed by atoms with E-state index < -0.39 is 6.09 Å². The fraction of sp³-hybridized carbons (Fsp3) is 0.889. The Kier molecular flexibility index (Phi) is 1.95. The molecular formula is C9H15NO2. The van der Waals surface area contributed by atoms with Gasteiger partial charge in [-0.3, -0.25) is 0 Å². The first-order valence-corrected chi connectivity index (χ1v) is 4.78. The molecule has 1 heterocycles. The summed E-state index contributed by atoms with van der Waals surface area (Å²) in [5.74, 6) is 0.696. The van der Waals surface area contributed by atoms with Crippen LogP contribution in [0.1, 0.15) is 32.1 Å². The molecule has 1 N–H and O–H groups in total. The van der Waals surface area contributed by atoms with Gasteiger partial charge in [0, 0.05) is 12.6 Å². The maximum atomic E-state index is 10.8. The van der Waals surface area contributed by atoms with Crippen LogP contribution in [0.15, 0.2) is 0 Å². The largest absolute Gasteiger partial charge is 0.465 e. The van der Waals surface area contributed by atoms with E-state index in [0.29, 0.717) is 12.0 Å². The molecule has 0 radical (unpaired) electrons. The molecule has 2 fully saturated rings. The second-order valence-corrected chi connectivity index (χ2v) is 3.88. The molecule has 0 aromatic carbocycles. The summed E-state index contributed by atoms with van der Waals surface area (Å²) in [6, 6.07) is 0.358. The number of carboxylic acid groups (broad SMARTS) is 1. The van der Waals surface area contributed by atoms with E-state index in [4.69, 9.17) is 5.11 Å². The lowest BCUT2D eigenvalue weighted by molar-refractivity contribution is 0.0987. The third-order valence-electron chi connectivity index (χ3n) is 2.96. The second-order valence-electron chi connectivity index (χ2n) is 3.88. The van der Waals surface area contributed by atoms with Crippen molar-refractivity contribution >= 4 is 6.09 Å². The monoisotopic (exact) mass is 169 g/mol. The van der Waals surface area contributed by atoms with Crippen molar-refractivity contribution in [3.63, 3.8) is 0 Å². The first-order chi connectivity index (χ1) is 5.79. The summed E-state index contributed by atoms with van der Waals surface area (Å²) in [4.78, 5) is 12.5. The zero-order valence-corrected chi connectivity index (χ0v) is 7.20. The van der Waals surface area contributed by atoms with Crippen molar-refractivity contribution in [2.45, 2.75) is 38.1 Å². The van der Waals surface area contributed by atoms with Crippen molar-refractivity contribution in [1.82, 2.24) is 4.90 Å². The number of likely N-dealkylation sites (tertiary alicyclic amines) is 1. The summed E-state index contributed by atoms with van der Waals surface area (Å²) in [5, 5.41) is 8.91. The molecule has 0 aromatic heterocycles. The van der Waals surface area contributed by atoms with Crippen molar-refractivity contribution in [3.8, 4) is 0 Å². The Bertz CT molecular complexity index is 189. The van der Waals surface area contributed by atoms with Crippen molar-refractivity contribution in [1.29, 1.82) is 0 Å². The van der Waals surface area contributed by atoms with Crippen LogP contribution in [0.4, 0.5) is 4.79 Å². The van der Waals surface area contributed by atoms with Crippen LogP contribution in [0.25, 0.3) is 0 Å². The topological polar surface area (TPSA) is 40.5 Å². The van der Waals surface area contributed by atoms with Gasteiger partial charge in [-0.2, -0.15) is 0 Å². The number of rotatable bonds is 1. The highest BCUT2D eigenvalue weighted by atomic mass is 16.4. The van der Waals surface area contributed by atoms with Crippen LogP contribution in [0.2, 0.25) is 0 Å². The Morgan fingerprint density at radius 2 is 2.00 bits per heavy atom. The van der Waals surface area contributed by atoms with E-state index in [0.717, 1.165) is 19.4 Å². The van der Waals surface area contributed by atoms with E-state index in [2.05, 4.69) is 0 Å². The molecule has 1 aliphatic carbocycles. The Hall–Kier alpha value is -0.730. The molecule has 12 heavy (non-hydrogen) atoms. The lowest BCUT2D eigenvalue weighted by Crippen LogP contribution is -2.44. The van der Waals surface area contributed by atoms with E-state index >= 15 is 0 Å². The van der Waals surface area contributed by atoms with Gasteiger partial charge < -0.3 is 10.0 Å². The van der Waals surface area contributed by atoms with Crippen LogP contribution in [-0.4, -0.2) is 28.7 Å². The Balaban J connectivity index is 2.00. The van der Waals surface area contributed by atoms with Gasteiger partial charge in [-0.15, -0.1) is 0 Å². The molecule has 1 unspecified atom stereocenters. The van der Waals surface area contributed by atoms with Gasteiger partial charge in [-0.1, -0.05) is 0 Å². The zero-order valence-electron chi connectivity index (χ0n) is 7.20. The average molecular weight is 169 g/mol. The standard InChI is InChI=1S/C9H15NO2/c11-9(12)10-6-2-1-3-8(10)7-4-5-7/h7-8H,1-6H2,(H,11,12). The molecule has 3 nitrogen and oxygen atoms in total. The average Bonchev–Trinajstić information content (AvgIpc) is 2.87. The van der Waals surface area contributed by atoms with Crippen LogP contribution in [0.3, 0.4) is 0 Å². The lowest BCUT2D eigenvalue weighted by atomic mass is 9.99. The van der Waals surface area contributed by atoms with Crippen molar-refractivity contribution < 1.29 is 9.90 Å². The minimum atomic E-state index is -0.716. The number of hydrogen-bond donors (Lipinski definition) is 1. The van der Waals surface area contributed by atoms with Crippen LogP contribution in [0, 0.1) is 5.92 Å². The van der Waals surface area contributed by atoms with Gasteiger partial charge in [0.15, 0.2) is 0 Å². The fourth-order valence-corrected chi connectivity index (χ4v) is 2.17. The van der Waals surface area contributed by atoms with Gasteiger partial charge in [0.25, 0.3) is 0 Å². The minimum Gasteiger partial charge on any atom is -0.465 e. The molecule has 68 valence electrons. The van der Waals surface area contributed by atoms with E-state index in [9.17, 15) is 4.79 Å². The molecule has 2 rings (SSSR count). The molecule has 0 spiro atoms. The third kappa shape index (κ3) is 1.40. The van der Waals surface area contributed by atoms with E-state index in [1.165, 1.54) is 19.3 Å². The van der Waals surface area contributed by atoms with Crippen molar-refractivity contribution in [3.05, 3.63) is 0 Å². The van der Waals surface area contributed by atoms with Crippen LogP contribution in [0.5, 0.6) is 0 Å². The maximum absolute atomic E-state index is 10.8. The summed E-state index contributed by atoms with van der Waals surface area (Å²) in [5.41, 5.74) is 0. The maximum Gasteiger partial charge on any atom is 0.407 e. The van der Waals surface area contributed by atoms with E-state index in [1.54, 1.807) is 4.90 Å². The summed E-state index contributed by atoms with van der Waals surface area (Å²) < 4.78 is 0. The summed E-state index contributed by atoms with van der Waals surface area (Å²) in [6.07, 6.45) is 5.13. The Morgan fingerprint density at radius 3 is 2.58 bits per heavy atom. The lowest BCUT2D eigenvalue weighted by Gasteiger charge is -2.33. The molecule has 1 atom stereocenters. The predicted molar refractivity (Wildman–Crippen MR) is 45.1 cm³/mol. The number of nitrogens with zero attached hydrogens (tertiary/aromatic N) is 1. The minimum absolute atomic E-state index is 0.358. The normalized spacial score (nSPS) is 30.3. The van der Waals surface area contributed by atoms with Crippen molar-refractivity contribution in [2.75, 3.05) is 6.54 Å². The Morgan fingerprint density at radius 1 is 1.25 bits per heavy atom. The summed E-state index contributed by atoms with van der Waals surface area (Å²) in [6.45, 7) is 0.760. The van der Waals surface area contributed by atoms with Gasteiger partial charge in [0.05, 0.1) is 0 Å². The van der Waals surface area contributed by atoms with Gasteiger partial charge in [0.2, 0.25) is 0 Å². The summed E-state index contributed by atoms with van der Waals surface area (Å²) >= 11 is 0. The van der Waals surface area contributed by atoms with Crippen molar-refractivity contribution in [2.24, 2.45) is 5.92 Å². The third-order valence-corrected chi connectivity index (χ3v) is 2.96. The molecule has 1 amide bonds. The first-order valence-electron chi connectivity index (χ1n) is 4.78. The molecule has 1 saturated carbocycles. The highest BCUT2D eigenvalue weighted by Gasteiger charge is 2.38. The molecular weight excluding hydrogens is 154 g/mol. The molecule has 3 heteroatoms. The predicted octanol–water partition coefficient (Wildman–Crippen LogP) is 1.93. The quantitative estimate of drug-likeness (QED) is 0.651. The molecule has 2 aliphatic rings. The van der Waals surface area contributed by atoms with Gasteiger partial charge in [0.1, 0.15) is 0 Å². The molecule has 0 bridgehead atoms. The summed E-state index contributed by atoms with van der Waals surface area (Å²) in [7, 11) is 0. The van der Waals surface area contributed by atoms with Crippen LogP contribution in [-0.2, 0) is 0 Å². The Labute approximate surface area is 72.4 Å². The highest BCUT2D eigenvalue weighted by molar-refractivity contribution is 5.65. The van der Waals surface area contributed by atoms with Gasteiger partial charge >= 0.3 is 6.09 Å². The molecule has 1 saturated heterocycles. The zero-order chi connectivity index (χ0) is 8.55. The first kappa shape index (κ1) is 7.90.